The molecule has 0 aliphatic rings. The van der Waals surface area contributed by atoms with Gasteiger partial charge in [0.15, 0.2) is 0 Å². The van der Waals surface area contributed by atoms with Crippen LogP contribution in [0.1, 0.15) is 27.2 Å². The third kappa shape index (κ3) is 8.91. The number of hydrogen-bond donors (Lipinski definition) is 3. The lowest BCUT2D eigenvalue weighted by Crippen LogP contribution is -2.60. The van der Waals surface area contributed by atoms with Crippen molar-refractivity contribution in [1.82, 2.24) is 0 Å². The van der Waals surface area contributed by atoms with Crippen molar-refractivity contribution in [1.29, 1.82) is 0 Å². The zero-order valence-corrected chi connectivity index (χ0v) is 18.8. The van der Waals surface area contributed by atoms with Gasteiger partial charge in [-0.2, -0.15) is 0 Å². The third-order valence-electron chi connectivity index (χ3n) is 4.78. The minimum absolute atomic E-state index is 0.208. The summed E-state index contributed by atoms with van der Waals surface area (Å²) < 4.78 is 20.4. The van der Waals surface area contributed by atoms with E-state index in [1.54, 1.807) is 20.8 Å². The molecule has 10 nitrogen and oxygen atoms in total. The second kappa shape index (κ2) is 13.8. The summed E-state index contributed by atoms with van der Waals surface area (Å²) in [6, 6.07) is 0. The van der Waals surface area contributed by atoms with Crippen LogP contribution in [-0.4, -0.2) is 83.6 Å². The molecule has 0 saturated heterocycles. The van der Waals surface area contributed by atoms with E-state index in [4.69, 9.17) is 18.9 Å². The second-order valence-electron chi connectivity index (χ2n) is 7.53. The average molecular weight is 459 g/mol. The molecule has 3 N–H and O–H groups in total. The van der Waals surface area contributed by atoms with Crippen LogP contribution in [0.3, 0.4) is 0 Å². The number of esters is 3. The fourth-order valence-corrected chi connectivity index (χ4v) is 3.32. The van der Waals surface area contributed by atoms with E-state index in [2.05, 4.69) is 19.7 Å². The zero-order valence-electron chi connectivity index (χ0n) is 18.8. The van der Waals surface area contributed by atoms with E-state index in [1.807, 2.05) is 0 Å². The van der Waals surface area contributed by atoms with Gasteiger partial charge in [0.25, 0.3) is 0 Å². The maximum absolute atomic E-state index is 11.5. The lowest BCUT2D eigenvalue weighted by molar-refractivity contribution is -0.209. The van der Waals surface area contributed by atoms with Gasteiger partial charge in [-0.3, -0.25) is 0 Å². The van der Waals surface area contributed by atoms with Gasteiger partial charge in [-0.15, -0.1) is 0 Å². The van der Waals surface area contributed by atoms with Gasteiger partial charge in [-0.25, -0.2) is 14.4 Å². The maximum Gasteiger partial charge on any atom is 0.330 e. The van der Waals surface area contributed by atoms with Crippen LogP contribution < -0.4 is 0 Å². The second-order valence-corrected chi connectivity index (χ2v) is 7.53. The Hall–Kier alpha value is -2.53. The first-order chi connectivity index (χ1) is 14.9. The number of ether oxygens (including phenoxy) is 4. The predicted octanol–water partition coefficient (Wildman–Crippen LogP) is 0.448. The van der Waals surface area contributed by atoms with Crippen LogP contribution in [-0.2, 0) is 33.3 Å². The predicted molar refractivity (Wildman–Crippen MR) is 114 cm³/mol. The van der Waals surface area contributed by atoms with Crippen LogP contribution in [0.4, 0.5) is 0 Å². The van der Waals surface area contributed by atoms with Crippen molar-refractivity contribution < 1.29 is 48.7 Å². The molecule has 182 valence electrons. The van der Waals surface area contributed by atoms with E-state index in [1.165, 1.54) is 0 Å². The molecule has 32 heavy (non-hydrogen) atoms. The normalized spacial score (nSPS) is 15.9. The highest BCUT2D eigenvalue weighted by Gasteiger charge is 2.54. The quantitative estimate of drug-likeness (QED) is 0.169. The Balaban J connectivity index is 6.28. The molecule has 0 saturated carbocycles. The maximum atomic E-state index is 11.5. The van der Waals surface area contributed by atoms with Crippen LogP contribution >= 0.6 is 0 Å². The summed E-state index contributed by atoms with van der Waals surface area (Å²) in [6.45, 7) is 13.2. The monoisotopic (exact) mass is 458 g/mol. The van der Waals surface area contributed by atoms with Gasteiger partial charge in [-0.05, 0) is 27.2 Å². The van der Waals surface area contributed by atoms with Crippen LogP contribution in [0.2, 0.25) is 0 Å². The minimum atomic E-state index is -1.93. The Labute approximate surface area is 188 Å². The number of carbonyl (C=O) groups excluding carboxylic acids is 3. The molecule has 0 amide bonds. The summed E-state index contributed by atoms with van der Waals surface area (Å²) in [5, 5.41) is 33.0. The molecule has 0 spiro atoms. The van der Waals surface area contributed by atoms with Gasteiger partial charge in [0, 0.05) is 24.8 Å². The average Bonchev–Trinajstić information content (AvgIpc) is 2.76. The van der Waals surface area contributed by atoms with Gasteiger partial charge in [-0.1, -0.05) is 19.7 Å². The number of aliphatic hydroxyl groups excluding tert-OH is 3. The largest absolute Gasteiger partial charge is 0.460 e. The van der Waals surface area contributed by atoms with Crippen LogP contribution in [0.5, 0.6) is 0 Å². The van der Waals surface area contributed by atoms with E-state index in [9.17, 15) is 29.7 Å². The molecule has 10 heteroatoms. The van der Waals surface area contributed by atoms with E-state index in [0.717, 1.165) is 18.2 Å². The Morgan fingerprint density at radius 2 is 1.09 bits per heavy atom. The molecule has 0 fully saturated rings. The molecule has 0 aromatic heterocycles. The Bertz CT molecular complexity index is 596. The molecule has 0 radical (unpaired) electrons. The first-order valence-electron chi connectivity index (χ1n) is 9.95. The lowest BCUT2D eigenvalue weighted by Gasteiger charge is -2.47. The molecular formula is C22H34O10. The SMILES string of the molecule is C=CC(=O)OCC(O)C(CC(C)(C)OCC)(C(O)COC(=O)C=C)C(O)COC(=O)C=C. The number of carbonyl (C=O) groups is 3. The van der Waals surface area contributed by atoms with Crippen molar-refractivity contribution >= 4 is 17.9 Å². The molecule has 0 aromatic rings. The Morgan fingerprint density at radius 3 is 1.34 bits per heavy atom. The fraction of sp³-hybridized carbons (Fsp3) is 0.591. The summed E-state index contributed by atoms with van der Waals surface area (Å²) in [4.78, 5) is 34.5. The van der Waals surface area contributed by atoms with Crippen molar-refractivity contribution in [3.8, 4) is 0 Å². The summed E-state index contributed by atoms with van der Waals surface area (Å²) in [7, 11) is 0. The number of hydrogen-bond acceptors (Lipinski definition) is 10. The topological polar surface area (TPSA) is 149 Å². The zero-order chi connectivity index (χ0) is 24.9. The van der Waals surface area contributed by atoms with E-state index < -0.39 is 67.1 Å². The van der Waals surface area contributed by atoms with Crippen LogP contribution in [0, 0.1) is 5.41 Å². The standard InChI is InChI=1S/C22H34O10/c1-7-18(26)29-11-15(23)22(14-21(5,6)32-10-4,16(24)12-30-19(27)8-2)17(25)13-31-20(28)9-3/h7-9,15-17,23-25H,1-3,10-14H2,4-6H3. The Morgan fingerprint density at radius 1 is 0.781 bits per heavy atom. The first-order valence-corrected chi connectivity index (χ1v) is 9.95. The lowest BCUT2D eigenvalue weighted by atomic mass is 9.66. The van der Waals surface area contributed by atoms with Crippen molar-refractivity contribution in [2.24, 2.45) is 5.41 Å². The van der Waals surface area contributed by atoms with Crippen molar-refractivity contribution in [2.45, 2.75) is 51.1 Å². The molecular weight excluding hydrogens is 424 g/mol. The van der Waals surface area contributed by atoms with Gasteiger partial charge in [0.1, 0.15) is 19.8 Å². The van der Waals surface area contributed by atoms with Gasteiger partial charge in [0.2, 0.25) is 0 Å². The summed E-state index contributed by atoms with van der Waals surface area (Å²) >= 11 is 0. The first kappa shape index (κ1) is 29.5. The molecule has 0 heterocycles. The minimum Gasteiger partial charge on any atom is -0.460 e. The Kier molecular flexibility index (Phi) is 12.7. The highest BCUT2D eigenvalue weighted by atomic mass is 16.6. The van der Waals surface area contributed by atoms with E-state index in [0.29, 0.717) is 0 Å². The number of rotatable bonds is 16. The van der Waals surface area contributed by atoms with E-state index >= 15 is 0 Å². The summed E-state index contributed by atoms with van der Waals surface area (Å²) in [5.41, 5.74) is -2.95. The highest BCUT2D eigenvalue weighted by molar-refractivity contribution is 5.81. The molecule has 0 rings (SSSR count). The highest BCUT2D eigenvalue weighted by Crippen LogP contribution is 2.41. The molecule has 0 aliphatic heterocycles. The molecule has 3 unspecified atom stereocenters. The van der Waals surface area contributed by atoms with Crippen molar-refractivity contribution in [3.63, 3.8) is 0 Å². The molecule has 3 atom stereocenters. The van der Waals surface area contributed by atoms with Gasteiger partial charge >= 0.3 is 17.9 Å². The van der Waals surface area contributed by atoms with Gasteiger partial charge in [0.05, 0.1) is 29.3 Å². The van der Waals surface area contributed by atoms with Crippen molar-refractivity contribution in [3.05, 3.63) is 38.0 Å². The van der Waals surface area contributed by atoms with Crippen molar-refractivity contribution in [2.75, 3.05) is 26.4 Å². The van der Waals surface area contributed by atoms with Crippen LogP contribution in [0.15, 0.2) is 38.0 Å². The molecule has 0 bridgehead atoms. The summed E-state index contributed by atoms with van der Waals surface area (Å²) in [5.74, 6) is -2.54. The molecule has 0 aliphatic carbocycles. The fourth-order valence-electron chi connectivity index (χ4n) is 3.32. The summed E-state index contributed by atoms with van der Waals surface area (Å²) in [6.07, 6.45) is -2.65. The number of aliphatic hydroxyl groups is 3. The molecule has 0 aromatic carbocycles. The third-order valence-corrected chi connectivity index (χ3v) is 4.78. The van der Waals surface area contributed by atoms with E-state index in [-0.39, 0.29) is 13.0 Å². The van der Waals surface area contributed by atoms with Crippen LogP contribution in [0.25, 0.3) is 0 Å². The van der Waals surface area contributed by atoms with Gasteiger partial charge < -0.3 is 34.3 Å². The smallest absolute Gasteiger partial charge is 0.330 e.